The van der Waals surface area contributed by atoms with Gasteiger partial charge in [-0.2, -0.15) is 0 Å². The quantitative estimate of drug-likeness (QED) is 0.858. The lowest BCUT2D eigenvalue weighted by atomic mass is 9.96. The molecule has 0 bridgehead atoms. The molecule has 1 fully saturated rings. The SMILES string of the molecule is O=C1CN(C2CC=CCC2)C(=O)C(Cc2ccccc2)N1. The van der Waals surface area contributed by atoms with Crippen LogP contribution in [-0.4, -0.2) is 35.3 Å². The number of rotatable bonds is 3. The lowest BCUT2D eigenvalue weighted by Gasteiger charge is -2.38. The van der Waals surface area contributed by atoms with Gasteiger partial charge < -0.3 is 10.2 Å². The zero-order chi connectivity index (χ0) is 14.7. The second kappa shape index (κ2) is 6.12. The lowest BCUT2D eigenvalue weighted by Crippen LogP contribution is -2.61. The third-order valence-electron chi connectivity index (χ3n) is 4.20. The summed E-state index contributed by atoms with van der Waals surface area (Å²) in [6.45, 7) is 0.197. The van der Waals surface area contributed by atoms with Gasteiger partial charge in [-0.3, -0.25) is 9.59 Å². The molecule has 1 aliphatic carbocycles. The monoisotopic (exact) mass is 284 g/mol. The van der Waals surface area contributed by atoms with E-state index < -0.39 is 6.04 Å². The van der Waals surface area contributed by atoms with Crippen molar-refractivity contribution in [1.82, 2.24) is 10.2 Å². The van der Waals surface area contributed by atoms with Crippen LogP contribution in [0, 0.1) is 0 Å². The number of hydrogen-bond donors (Lipinski definition) is 1. The van der Waals surface area contributed by atoms with Crippen molar-refractivity contribution in [2.24, 2.45) is 0 Å². The van der Waals surface area contributed by atoms with Crippen LogP contribution in [0.1, 0.15) is 24.8 Å². The largest absolute Gasteiger partial charge is 0.342 e. The van der Waals surface area contributed by atoms with Crippen molar-refractivity contribution in [2.75, 3.05) is 6.54 Å². The number of piperazine rings is 1. The van der Waals surface area contributed by atoms with Crippen molar-refractivity contribution in [3.63, 3.8) is 0 Å². The van der Waals surface area contributed by atoms with E-state index in [1.165, 1.54) is 0 Å². The van der Waals surface area contributed by atoms with Crippen LogP contribution in [0.5, 0.6) is 0 Å². The predicted octanol–water partition coefficient (Wildman–Crippen LogP) is 1.66. The zero-order valence-electron chi connectivity index (χ0n) is 12.0. The van der Waals surface area contributed by atoms with E-state index in [1.807, 2.05) is 30.3 Å². The van der Waals surface area contributed by atoms with Crippen molar-refractivity contribution in [2.45, 2.75) is 37.8 Å². The van der Waals surface area contributed by atoms with Gasteiger partial charge in [0.05, 0.1) is 6.54 Å². The van der Waals surface area contributed by atoms with Gasteiger partial charge in [0, 0.05) is 12.5 Å². The molecule has 1 heterocycles. The Hall–Kier alpha value is -2.10. The van der Waals surface area contributed by atoms with E-state index in [1.54, 1.807) is 4.90 Å². The topological polar surface area (TPSA) is 49.4 Å². The van der Waals surface area contributed by atoms with Gasteiger partial charge in [-0.25, -0.2) is 0 Å². The molecular formula is C17H20N2O2. The fourth-order valence-electron chi connectivity index (χ4n) is 3.09. The standard InChI is InChI=1S/C17H20N2O2/c20-16-12-19(14-9-5-2-6-10-14)17(21)15(18-16)11-13-7-3-1-4-8-13/h1-5,7-8,14-15H,6,9-12H2,(H,18,20). The third kappa shape index (κ3) is 3.15. The molecule has 0 spiro atoms. The first-order chi connectivity index (χ1) is 10.2. The molecule has 4 heteroatoms. The minimum Gasteiger partial charge on any atom is -0.342 e. The summed E-state index contributed by atoms with van der Waals surface area (Å²) in [6, 6.07) is 9.57. The summed E-state index contributed by atoms with van der Waals surface area (Å²) in [4.78, 5) is 26.4. The molecule has 2 unspecified atom stereocenters. The highest BCUT2D eigenvalue weighted by Crippen LogP contribution is 2.20. The van der Waals surface area contributed by atoms with Gasteiger partial charge in [-0.1, -0.05) is 42.5 Å². The Morgan fingerprint density at radius 1 is 1.14 bits per heavy atom. The highest BCUT2D eigenvalue weighted by atomic mass is 16.2. The van der Waals surface area contributed by atoms with E-state index >= 15 is 0 Å². The van der Waals surface area contributed by atoms with Crippen molar-refractivity contribution >= 4 is 11.8 Å². The molecule has 1 aromatic rings. The molecule has 0 radical (unpaired) electrons. The molecule has 2 aliphatic rings. The maximum absolute atomic E-state index is 12.7. The summed E-state index contributed by atoms with van der Waals surface area (Å²) < 4.78 is 0. The van der Waals surface area contributed by atoms with Crippen LogP contribution in [-0.2, 0) is 16.0 Å². The molecular weight excluding hydrogens is 264 g/mol. The highest BCUT2D eigenvalue weighted by molar-refractivity contribution is 5.95. The number of benzene rings is 1. The van der Waals surface area contributed by atoms with Crippen LogP contribution >= 0.6 is 0 Å². The van der Waals surface area contributed by atoms with Crippen molar-refractivity contribution in [3.8, 4) is 0 Å². The Morgan fingerprint density at radius 3 is 2.67 bits per heavy atom. The molecule has 1 saturated heterocycles. The Labute approximate surface area is 124 Å². The number of carbonyl (C=O) groups is 2. The number of nitrogens with zero attached hydrogens (tertiary/aromatic N) is 1. The summed E-state index contributed by atoms with van der Waals surface area (Å²) in [7, 11) is 0. The maximum Gasteiger partial charge on any atom is 0.246 e. The van der Waals surface area contributed by atoms with E-state index in [4.69, 9.17) is 0 Å². The summed E-state index contributed by atoms with van der Waals surface area (Å²) in [5.74, 6) is 0.00355. The fraction of sp³-hybridized carbons (Fsp3) is 0.412. The summed E-state index contributed by atoms with van der Waals surface area (Å²) in [5, 5.41) is 2.84. The third-order valence-corrected chi connectivity index (χ3v) is 4.20. The van der Waals surface area contributed by atoms with Gasteiger partial charge in [0.2, 0.25) is 11.8 Å². The number of nitrogens with one attached hydrogen (secondary N) is 1. The van der Waals surface area contributed by atoms with Crippen LogP contribution in [0.2, 0.25) is 0 Å². The predicted molar refractivity (Wildman–Crippen MR) is 80.6 cm³/mol. The molecule has 3 rings (SSSR count). The number of allylic oxidation sites excluding steroid dienone is 1. The van der Waals surface area contributed by atoms with E-state index in [9.17, 15) is 9.59 Å². The molecule has 2 amide bonds. The van der Waals surface area contributed by atoms with Gasteiger partial charge in [0.25, 0.3) is 0 Å². The molecule has 1 aliphatic heterocycles. The van der Waals surface area contributed by atoms with Gasteiger partial charge in [-0.05, 0) is 24.8 Å². The normalized spacial score (nSPS) is 25.8. The second-order valence-corrected chi connectivity index (χ2v) is 5.71. The molecule has 0 saturated carbocycles. The van der Waals surface area contributed by atoms with Gasteiger partial charge in [0.15, 0.2) is 0 Å². The molecule has 110 valence electrons. The molecule has 1 N–H and O–H groups in total. The Bertz CT molecular complexity index is 553. The number of amides is 2. The summed E-state index contributed by atoms with van der Waals surface area (Å²) in [6.07, 6.45) is 7.61. The average molecular weight is 284 g/mol. The first-order valence-corrected chi connectivity index (χ1v) is 7.53. The smallest absolute Gasteiger partial charge is 0.246 e. The van der Waals surface area contributed by atoms with Crippen LogP contribution in [0.4, 0.5) is 0 Å². The average Bonchev–Trinajstić information content (AvgIpc) is 2.52. The van der Waals surface area contributed by atoms with Gasteiger partial charge >= 0.3 is 0 Å². The van der Waals surface area contributed by atoms with Gasteiger partial charge in [0.1, 0.15) is 6.04 Å². The molecule has 4 nitrogen and oxygen atoms in total. The lowest BCUT2D eigenvalue weighted by molar-refractivity contribution is -0.146. The number of hydrogen-bond acceptors (Lipinski definition) is 2. The van der Waals surface area contributed by atoms with Crippen molar-refractivity contribution < 1.29 is 9.59 Å². The summed E-state index contributed by atoms with van der Waals surface area (Å²) >= 11 is 0. The zero-order valence-corrected chi connectivity index (χ0v) is 12.0. The Kier molecular flexibility index (Phi) is 4.04. The fourth-order valence-corrected chi connectivity index (χ4v) is 3.09. The maximum atomic E-state index is 12.7. The Morgan fingerprint density at radius 2 is 1.95 bits per heavy atom. The minimum absolute atomic E-state index is 0.0508. The highest BCUT2D eigenvalue weighted by Gasteiger charge is 2.36. The number of carbonyl (C=O) groups excluding carboxylic acids is 2. The minimum atomic E-state index is -0.431. The van der Waals surface area contributed by atoms with Crippen molar-refractivity contribution in [1.29, 1.82) is 0 Å². The van der Waals surface area contributed by atoms with Crippen LogP contribution in [0.15, 0.2) is 42.5 Å². The molecule has 0 aromatic heterocycles. The molecule has 21 heavy (non-hydrogen) atoms. The van der Waals surface area contributed by atoms with E-state index in [0.29, 0.717) is 6.42 Å². The van der Waals surface area contributed by atoms with E-state index in [-0.39, 0.29) is 24.4 Å². The van der Waals surface area contributed by atoms with E-state index in [0.717, 1.165) is 24.8 Å². The second-order valence-electron chi connectivity index (χ2n) is 5.71. The van der Waals surface area contributed by atoms with Gasteiger partial charge in [-0.15, -0.1) is 0 Å². The first-order valence-electron chi connectivity index (χ1n) is 7.53. The van der Waals surface area contributed by atoms with Crippen LogP contribution < -0.4 is 5.32 Å². The first kappa shape index (κ1) is 13.9. The summed E-state index contributed by atoms with van der Waals surface area (Å²) in [5.41, 5.74) is 1.07. The molecule has 1 aromatic carbocycles. The molecule has 2 atom stereocenters. The van der Waals surface area contributed by atoms with Crippen LogP contribution in [0.25, 0.3) is 0 Å². The Balaban J connectivity index is 1.73. The van der Waals surface area contributed by atoms with E-state index in [2.05, 4.69) is 17.5 Å². The van der Waals surface area contributed by atoms with Crippen molar-refractivity contribution in [3.05, 3.63) is 48.0 Å². The van der Waals surface area contributed by atoms with Crippen LogP contribution in [0.3, 0.4) is 0 Å².